The zero-order chi connectivity index (χ0) is 14.5. The summed E-state index contributed by atoms with van der Waals surface area (Å²) in [5.74, 6) is -1.13. The molecule has 0 saturated carbocycles. The van der Waals surface area contributed by atoms with Crippen LogP contribution in [0.15, 0.2) is 18.2 Å². The number of hydrogen-bond donors (Lipinski definition) is 1. The summed E-state index contributed by atoms with van der Waals surface area (Å²) in [6, 6.07) is 3.18. The maximum Gasteiger partial charge on any atom is 0.137 e. The van der Waals surface area contributed by atoms with Gasteiger partial charge in [0.25, 0.3) is 0 Å². The molecule has 0 aliphatic rings. The Morgan fingerprint density at radius 1 is 1.26 bits per heavy atom. The van der Waals surface area contributed by atoms with Crippen LogP contribution in [0.25, 0.3) is 0 Å². The Morgan fingerprint density at radius 2 is 1.95 bits per heavy atom. The summed E-state index contributed by atoms with van der Waals surface area (Å²) in [7, 11) is 0. The summed E-state index contributed by atoms with van der Waals surface area (Å²) >= 11 is 0. The van der Waals surface area contributed by atoms with Gasteiger partial charge in [0, 0.05) is 12.8 Å². The first-order valence-electron chi connectivity index (χ1n) is 6.50. The van der Waals surface area contributed by atoms with Crippen molar-refractivity contribution in [1.82, 2.24) is 0 Å². The Labute approximate surface area is 113 Å². The molecule has 1 rings (SSSR count). The van der Waals surface area contributed by atoms with Crippen LogP contribution in [0, 0.1) is 17.0 Å². The highest BCUT2D eigenvalue weighted by atomic mass is 19.1. The van der Waals surface area contributed by atoms with E-state index in [1.807, 2.05) is 0 Å². The second-order valence-corrected chi connectivity index (χ2v) is 5.65. The van der Waals surface area contributed by atoms with Crippen LogP contribution < -0.4 is 5.73 Å². The van der Waals surface area contributed by atoms with Crippen molar-refractivity contribution in [2.45, 2.75) is 39.5 Å². The third-order valence-electron chi connectivity index (χ3n) is 3.30. The van der Waals surface area contributed by atoms with Gasteiger partial charge in [-0.2, -0.15) is 0 Å². The van der Waals surface area contributed by atoms with Crippen LogP contribution in [0.5, 0.6) is 0 Å². The van der Waals surface area contributed by atoms with Gasteiger partial charge in [-0.25, -0.2) is 8.78 Å². The van der Waals surface area contributed by atoms with Gasteiger partial charge in [0.05, 0.1) is 0 Å². The van der Waals surface area contributed by atoms with Crippen LogP contribution in [0.2, 0.25) is 0 Å². The fraction of sp³-hybridized carbons (Fsp3) is 0.533. The summed E-state index contributed by atoms with van der Waals surface area (Å²) in [6.45, 7) is 4.69. The molecule has 0 unspecified atom stereocenters. The zero-order valence-electron chi connectivity index (χ0n) is 11.5. The number of nitrogens with two attached hydrogens (primary N) is 1. The Morgan fingerprint density at radius 3 is 2.58 bits per heavy atom. The van der Waals surface area contributed by atoms with Crippen LogP contribution >= 0.6 is 0 Å². The minimum Gasteiger partial charge on any atom is -0.330 e. The monoisotopic (exact) mass is 269 g/mol. The van der Waals surface area contributed by atoms with Crippen molar-refractivity contribution in [1.29, 1.82) is 0 Å². The van der Waals surface area contributed by atoms with Crippen molar-refractivity contribution in [3.05, 3.63) is 35.4 Å². The van der Waals surface area contributed by atoms with Gasteiger partial charge in [0.1, 0.15) is 17.4 Å². The van der Waals surface area contributed by atoms with Crippen molar-refractivity contribution in [3.8, 4) is 0 Å². The second kappa shape index (κ2) is 6.75. The van der Waals surface area contributed by atoms with Gasteiger partial charge in [-0.05, 0) is 48.6 Å². The van der Waals surface area contributed by atoms with E-state index in [1.165, 1.54) is 0 Å². The summed E-state index contributed by atoms with van der Waals surface area (Å²) in [6.07, 6.45) is 1.86. The van der Waals surface area contributed by atoms with E-state index < -0.39 is 11.6 Å². The maximum absolute atomic E-state index is 13.4. The zero-order valence-corrected chi connectivity index (χ0v) is 11.5. The predicted molar refractivity (Wildman–Crippen MR) is 71.8 cm³/mol. The third kappa shape index (κ3) is 5.47. The Hall–Kier alpha value is -1.29. The average Bonchev–Trinajstić information content (AvgIpc) is 2.31. The fourth-order valence-corrected chi connectivity index (χ4v) is 1.97. The number of carbonyl (C=O) groups is 1. The van der Waals surface area contributed by atoms with Gasteiger partial charge < -0.3 is 5.73 Å². The van der Waals surface area contributed by atoms with Crippen LogP contribution in [0.1, 0.15) is 38.7 Å². The molecule has 0 aliphatic heterocycles. The van der Waals surface area contributed by atoms with E-state index in [0.29, 0.717) is 19.4 Å². The van der Waals surface area contributed by atoms with E-state index in [-0.39, 0.29) is 23.2 Å². The molecule has 19 heavy (non-hydrogen) atoms. The molecule has 1 aromatic rings. The van der Waals surface area contributed by atoms with Gasteiger partial charge in [0.2, 0.25) is 0 Å². The van der Waals surface area contributed by atoms with Crippen LogP contribution in [0.4, 0.5) is 8.78 Å². The SMILES string of the molecule is CC(C)(CCN)CCC(=O)Cc1cc(F)ccc1F. The minimum absolute atomic E-state index is 0.00485. The van der Waals surface area contributed by atoms with Gasteiger partial charge in [-0.3, -0.25) is 4.79 Å². The lowest BCUT2D eigenvalue weighted by Gasteiger charge is -2.23. The Kier molecular flexibility index (Phi) is 5.60. The molecule has 0 amide bonds. The molecular weight excluding hydrogens is 248 g/mol. The first-order chi connectivity index (χ1) is 8.84. The number of hydrogen-bond acceptors (Lipinski definition) is 2. The molecule has 1 aromatic carbocycles. The summed E-state index contributed by atoms with van der Waals surface area (Å²) < 4.78 is 26.4. The van der Waals surface area contributed by atoms with Crippen LogP contribution in [-0.4, -0.2) is 12.3 Å². The molecule has 0 spiro atoms. The lowest BCUT2D eigenvalue weighted by Crippen LogP contribution is -2.19. The van der Waals surface area contributed by atoms with E-state index in [1.54, 1.807) is 0 Å². The lowest BCUT2D eigenvalue weighted by molar-refractivity contribution is -0.119. The molecule has 4 heteroatoms. The number of carbonyl (C=O) groups excluding carboxylic acids is 1. The Bertz CT molecular complexity index is 444. The maximum atomic E-state index is 13.4. The first-order valence-corrected chi connectivity index (χ1v) is 6.50. The topological polar surface area (TPSA) is 43.1 Å². The lowest BCUT2D eigenvalue weighted by atomic mass is 9.83. The normalized spacial score (nSPS) is 11.6. The number of ketones is 1. The van der Waals surface area contributed by atoms with Crippen molar-refractivity contribution < 1.29 is 13.6 Å². The van der Waals surface area contributed by atoms with Crippen LogP contribution in [0.3, 0.4) is 0 Å². The molecule has 0 bridgehead atoms. The highest BCUT2D eigenvalue weighted by molar-refractivity contribution is 5.80. The number of benzene rings is 1. The molecule has 0 atom stereocenters. The summed E-state index contributed by atoms with van der Waals surface area (Å²) in [5, 5.41) is 0. The van der Waals surface area contributed by atoms with Crippen molar-refractivity contribution in [2.24, 2.45) is 11.1 Å². The quantitative estimate of drug-likeness (QED) is 0.825. The van der Waals surface area contributed by atoms with Crippen molar-refractivity contribution in [2.75, 3.05) is 6.54 Å². The van der Waals surface area contributed by atoms with Crippen molar-refractivity contribution >= 4 is 5.78 Å². The largest absolute Gasteiger partial charge is 0.330 e. The van der Waals surface area contributed by atoms with Gasteiger partial charge in [0.15, 0.2) is 0 Å². The summed E-state index contributed by atoms with van der Waals surface area (Å²) in [4.78, 5) is 11.8. The number of halogens is 2. The van der Waals surface area contributed by atoms with Gasteiger partial charge in [-0.15, -0.1) is 0 Å². The first kappa shape index (κ1) is 15.8. The fourth-order valence-electron chi connectivity index (χ4n) is 1.97. The highest BCUT2D eigenvalue weighted by Crippen LogP contribution is 2.26. The average molecular weight is 269 g/mol. The van der Waals surface area contributed by atoms with E-state index in [2.05, 4.69) is 13.8 Å². The summed E-state index contributed by atoms with van der Waals surface area (Å²) in [5.41, 5.74) is 5.64. The van der Waals surface area contributed by atoms with Crippen molar-refractivity contribution in [3.63, 3.8) is 0 Å². The predicted octanol–water partition coefficient (Wildman–Crippen LogP) is 3.23. The van der Waals surface area contributed by atoms with E-state index in [9.17, 15) is 13.6 Å². The number of rotatable bonds is 7. The molecule has 0 heterocycles. The van der Waals surface area contributed by atoms with Crippen LogP contribution in [-0.2, 0) is 11.2 Å². The molecule has 0 radical (unpaired) electrons. The molecule has 2 nitrogen and oxygen atoms in total. The highest BCUT2D eigenvalue weighted by Gasteiger charge is 2.19. The molecular formula is C15H21F2NO. The second-order valence-electron chi connectivity index (χ2n) is 5.65. The van der Waals surface area contributed by atoms with E-state index in [0.717, 1.165) is 24.6 Å². The Balaban J connectivity index is 2.54. The van der Waals surface area contributed by atoms with E-state index in [4.69, 9.17) is 5.73 Å². The minimum atomic E-state index is -0.532. The van der Waals surface area contributed by atoms with Gasteiger partial charge in [-0.1, -0.05) is 13.8 Å². The molecule has 0 aliphatic carbocycles. The smallest absolute Gasteiger partial charge is 0.137 e. The van der Waals surface area contributed by atoms with E-state index >= 15 is 0 Å². The molecule has 2 N–H and O–H groups in total. The molecule has 0 fully saturated rings. The molecule has 0 saturated heterocycles. The standard InChI is InChI=1S/C15H21F2NO/c1-15(2,7-8-18)6-5-13(19)10-11-9-12(16)3-4-14(11)17/h3-4,9H,5-8,10,18H2,1-2H3. The molecule has 0 aromatic heterocycles. The van der Waals surface area contributed by atoms with Gasteiger partial charge >= 0.3 is 0 Å². The number of Topliss-reactive ketones (excluding diaryl/α,β-unsaturated/α-hetero) is 1. The molecule has 106 valence electrons. The third-order valence-corrected chi connectivity index (χ3v) is 3.30.